The lowest BCUT2D eigenvalue weighted by Crippen LogP contribution is -2.06. The summed E-state index contributed by atoms with van der Waals surface area (Å²) in [6, 6.07) is 6.47. The predicted octanol–water partition coefficient (Wildman–Crippen LogP) is 2.38. The van der Waals surface area contributed by atoms with Gasteiger partial charge in [0.1, 0.15) is 5.82 Å². The summed E-state index contributed by atoms with van der Waals surface area (Å²) < 4.78 is 0. The molecule has 0 aliphatic heterocycles. The van der Waals surface area contributed by atoms with Crippen LogP contribution in [0.5, 0.6) is 0 Å². The second-order valence-corrected chi connectivity index (χ2v) is 4.39. The van der Waals surface area contributed by atoms with Crippen LogP contribution in [0.4, 0.5) is 5.69 Å². The highest BCUT2D eigenvalue weighted by Crippen LogP contribution is 2.13. The molecule has 0 aliphatic carbocycles. The van der Waals surface area contributed by atoms with Crippen molar-refractivity contribution < 1.29 is 0 Å². The van der Waals surface area contributed by atoms with Crippen molar-refractivity contribution >= 4 is 5.69 Å². The van der Waals surface area contributed by atoms with E-state index < -0.39 is 0 Å². The van der Waals surface area contributed by atoms with E-state index in [4.69, 9.17) is 0 Å². The molecule has 90 valence electrons. The van der Waals surface area contributed by atoms with Crippen LogP contribution >= 0.6 is 0 Å². The number of anilines is 1. The van der Waals surface area contributed by atoms with Gasteiger partial charge in [-0.15, -0.1) is 0 Å². The molecule has 2 rings (SSSR count). The Morgan fingerprint density at radius 2 is 1.82 bits per heavy atom. The van der Waals surface area contributed by atoms with Crippen molar-refractivity contribution in [1.82, 2.24) is 15.2 Å². The minimum atomic E-state index is 0.831. The largest absolute Gasteiger partial charge is 0.385 e. The minimum Gasteiger partial charge on any atom is -0.385 e. The van der Waals surface area contributed by atoms with Crippen molar-refractivity contribution in [2.45, 2.75) is 27.2 Å². The topological polar surface area (TPSA) is 53.6 Å². The highest BCUT2D eigenvalue weighted by Gasteiger charge is 2.00. The van der Waals surface area contributed by atoms with Gasteiger partial charge in [0.2, 0.25) is 0 Å². The van der Waals surface area contributed by atoms with Gasteiger partial charge in [0.05, 0.1) is 0 Å². The van der Waals surface area contributed by atoms with Gasteiger partial charge >= 0.3 is 0 Å². The molecule has 0 unspecified atom stereocenters. The third kappa shape index (κ3) is 3.31. The number of H-pyrrole nitrogens is 1. The van der Waals surface area contributed by atoms with Gasteiger partial charge in [0.15, 0.2) is 5.82 Å². The molecule has 2 N–H and O–H groups in total. The van der Waals surface area contributed by atoms with Crippen LogP contribution in [-0.2, 0) is 6.42 Å². The fraction of sp³-hybridized carbons (Fsp3) is 0.385. The average Bonchev–Trinajstić information content (AvgIpc) is 2.63. The minimum absolute atomic E-state index is 0.831. The number of aromatic nitrogens is 3. The van der Waals surface area contributed by atoms with Crippen LogP contribution in [0.15, 0.2) is 18.2 Å². The second kappa shape index (κ2) is 4.99. The number of rotatable bonds is 4. The van der Waals surface area contributed by atoms with Crippen molar-refractivity contribution in [1.29, 1.82) is 0 Å². The molecule has 0 saturated carbocycles. The van der Waals surface area contributed by atoms with E-state index in [-0.39, 0.29) is 0 Å². The zero-order valence-corrected chi connectivity index (χ0v) is 10.5. The van der Waals surface area contributed by atoms with Gasteiger partial charge in [-0.2, -0.15) is 5.10 Å². The van der Waals surface area contributed by atoms with Gasteiger partial charge < -0.3 is 5.32 Å². The van der Waals surface area contributed by atoms with Gasteiger partial charge in [-0.1, -0.05) is 6.07 Å². The zero-order valence-electron chi connectivity index (χ0n) is 10.5. The second-order valence-electron chi connectivity index (χ2n) is 4.39. The molecule has 2 aromatic rings. The Labute approximate surface area is 101 Å². The molecule has 0 aliphatic rings. The molecular formula is C13H18N4. The van der Waals surface area contributed by atoms with Crippen LogP contribution in [-0.4, -0.2) is 21.7 Å². The zero-order chi connectivity index (χ0) is 12.3. The fourth-order valence-corrected chi connectivity index (χ4v) is 1.90. The quantitative estimate of drug-likeness (QED) is 0.848. The molecule has 0 saturated heterocycles. The summed E-state index contributed by atoms with van der Waals surface area (Å²) in [6.45, 7) is 6.97. The summed E-state index contributed by atoms with van der Waals surface area (Å²) in [5, 5.41) is 10.3. The smallest absolute Gasteiger partial charge is 0.152 e. The van der Waals surface area contributed by atoms with E-state index in [9.17, 15) is 0 Å². The van der Waals surface area contributed by atoms with E-state index in [0.29, 0.717) is 0 Å². The monoisotopic (exact) mass is 230 g/mol. The van der Waals surface area contributed by atoms with Gasteiger partial charge in [-0.25, -0.2) is 4.98 Å². The van der Waals surface area contributed by atoms with Crippen LogP contribution in [0, 0.1) is 20.8 Å². The lowest BCUT2D eigenvalue weighted by Gasteiger charge is -2.07. The Morgan fingerprint density at radius 1 is 1.12 bits per heavy atom. The normalized spacial score (nSPS) is 10.5. The van der Waals surface area contributed by atoms with E-state index in [2.05, 4.69) is 52.5 Å². The molecule has 0 atom stereocenters. The maximum Gasteiger partial charge on any atom is 0.152 e. The molecule has 1 aromatic carbocycles. The number of hydrogen-bond donors (Lipinski definition) is 2. The molecule has 4 heteroatoms. The molecule has 1 heterocycles. The molecule has 0 amide bonds. The van der Waals surface area contributed by atoms with Crippen LogP contribution in [0.2, 0.25) is 0 Å². The van der Waals surface area contributed by atoms with Crippen molar-refractivity contribution in [3.05, 3.63) is 41.0 Å². The first-order valence-electron chi connectivity index (χ1n) is 5.83. The lowest BCUT2D eigenvalue weighted by molar-refractivity contribution is 0.901. The summed E-state index contributed by atoms with van der Waals surface area (Å²) in [5.74, 6) is 1.73. The number of aryl methyl sites for hydroxylation is 3. The molecule has 0 fully saturated rings. The first-order valence-corrected chi connectivity index (χ1v) is 5.83. The first-order chi connectivity index (χ1) is 8.13. The fourth-order valence-electron chi connectivity index (χ4n) is 1.90. The van der Waals surface area contributed by atoms with Gasteiger partial charge in [-0.05, 0) is 44.0 Å². The Kier molecular flexibility index (Phi) is 3.42. The maximum atomic E-state index is 4.27. The van der Waals surface area contributed by atoms with Crippen molar-refractivity contribution in [3.63, 3.8) is 0 Å². The van der Waals surface area contributed by atoms with E-state index >= 15 is 0 Å². The third-order valence-electron chi connectivity index (χ3n) is 2.54. The van der Waals surface area contributed by atoms with Crippen molar-refractivity contribution in [2.24, 2.45) is 0 Å². The van der Waals surface area contributed by atoms with Crippen LogP contribution in [0.1, 0.15) is 22.8 Å². The maximum absolute atomic E-state index is 4.27. The van der Waals surface area contributed by atoms with Gasteiger partial charge in [0, 0.05) is 18.7 Å². The van der Waals surface area contributed by atoms with Gasteiger partial charge in [0.25, 0.3) is 0 Å². The highest BCUT2D eigenvalue weighted by molar-refractivity contribution is 5.48. The first kappa shape index (κ1) is 11.6. The summed E-state index contributed by atoms with van der Waals surface area (Å²) in [7, 11) is 0. The Morgan fingerprint density at radius 3 is 2.41 bits per heavy atom. The van der Waals surface area contributed by atoms with Crippen LogP contribution < -0.4 is 5.32 Å². The molecular weight excluding hydrogens is 212 g/mol. The summed E-state index contributed by atoms with van der Waals surface area (Å²) in [4.78, 5) is 4.27. The van der Waals surface area contributed by atoms with E-state index in [0.717, 1.165) is 30.3 Å². The van der Waals surface area contributed by atoms with E-state index in [1.54, 1.807) is 0 Å². The third-order valence-corrected chi connectivity index (χ3v) is 2.54. The van der Waals surface area contributed by atoms with Crippen molar-refractivity contribution in [2.75, 3.05) is 11.9 Å². The summed E-state index contributed by atoms with van der Waals surface area (Å²) >= 11 is 0. The van der Waals surface area contributed by atoms with Gasteiger partial charge in [-0.3, -0.25) is 5.10 Å². The Hall–Kier alpha value is -1.84. The molecule has 17 heavy (non-hydrogen) atoms. The summed E-state index contributed by atoms with van der Waals surface area (Å²) in [5.41, 5.74) is 3.72. The number of benzene rings is 1. The molecule has 0 bridgehead atoms. The average molecular weight is 230 g/mol. The number of hydrogen-bond acceptors (Lipinski definition) is 3. The van der Waals surface area contributed by atoms with E-state index in [1.807, 2.05) is 6.92 Å². The molecule has 1 aromatic heterocycles. The predicted molar refractivity (Wildman–Crippen MR) is 69.2 cm³/mol. The number of nitrogens with one attached hydrogen (secondary N) is 2. The SMILES string of the molecule is Cc1cc(C)cc(NCCc2n[nH]c(C)n2)c1. The Bertz CT molecular complexity index is 482. The van der Waals surface area contributed by atoms with Crippen molar-refractivity contribution in [3.8, 4) is 0 Å². The summed E-state index contributed by atoms with van der Waals surface area (Å²) in [6.07, 6.45) is 0.831. The standard InChI is InChI=1S/C13H18N4/c1-9-6-10(2)8-12(7-9)14-5-4-13-15-11(3)16-17-13/h6-8,14H,4-5H2,1-3H3,(H,15,16,17). The highest BCUT2D eigenvalue weighted by atomic mass is 15.2. The molecule has 0 spiro atoms. The van der Waals surface area contributed by atoms with Crippen LogP contribution in [0.25, 0.3) is 0 Å². The van der Waals surface area contributed by atoms with Crippen LogP contribution in [0.3, 0.4) is 0 Å². The number of aromatic amines is 1. The van der Waals surface area contributed by atoms with E-state index in [1.165, 1.54) is 11.1 Å². The Balaban J connectivity index is 1.89. The number of nitrogens with zero attached hydrogens (tertiary/aromatic N) is 2. The lowest BCUT2D eigenvalue weighted by atomic mass is 10.1. The molecule has 4 nitrogen and oxygen atoms in total. The molecule has 0 radical (unpaired) electrons.